The number of aryl methyl sites for hydroxylation is 1. The van der Waals surface area contributed by atoms with Crippen LogP contribution >= 0.6 is 0 Å². The number of amides is 1. The minimum atomic E-state index is 0.0585. The molecule has 116 valence electrons. The van der Waals surface area contributed by atoms with Crippen molar-refractivity contribution in [3.05, 3.63) is 30.0 Å². The molecule has 2 aliphatic heterocycles. The maximum Gasteiger partial charge on any atom is 0.275 e. The first-order chi connectivity index (χ1) is 10.7. The van der Waals surface area contributed by atoms with Crippen LogP contribution in [-0.4, -0.2) is 70.8 Å². The number of rotatable bonds is 2. The van der Waals surface area contributed by atoms with E-state index in [2.05, 4.69) is 15.3 Å². The molecule has 0 saturated carbocycles. The lowest BCUT2D eigenvalue weighted by Crippen LogP contribution is -2.63. The van der Waals surface area contributed by atoms with Crippen molar-refractivity contribution in [3.8, 4) is 0 Å². The molecule has 6 heteroatoms. The van der Waals surface area contributed by atoms with Gasteiger partial charge in [0.15, 0.2) is 5.69 Å². The summed E-state index contributed by atoms with van der Waals surface area (Å²) >= 11 is 0. The number of hydrogen-bond acceptors (Lipinski definition) is 4. The van der Waals surface area contributed by atoms with Crippen LogP contribution in [-0.2, 0) is 7.05 Å². The molecule has 2 saturated heterocycles. The zero-order valence-electron chi connectivity index (χ0n) is 12.8. The summed E-state index contributed by atoms with van der Waals surface area (Å²) in [6, 6.07) is 8.42. The number of piperazine rings is 1. The van der Waals surface area contributed by atoms with E-state index in [-0.39, 0.29) is 5.91 Å². The van der Waals surface area contributed by atoms with E-state index in [1.807, 2.05) is 36.2 Å². The van der Waals surface area contributed by atoms with Gasteiger partial charge < -0.3 is 10.2 Å². The lowest BCUT2D eigenvalue weighted by atomic mass is 10.0. The van der Waals surface area contributed by atoms with E-state index in [4.69, 9.17) is 0 Å². The summed E-state index contributed by atoms with van der Waals surface area (Å²) in [5.41, 5.74) is 1.59. The number of carbonyl (C=O) groups is 1. The van der Waals surface area contributed by atoms with Crippen LogP contribution in [0, 0.1) is 0 Å². The molecule has 0 atom stereocenters. The Labute approximate surface area is 129 Å². The van der Waals surface area contributed by atoms with Crippen molar-refractivity contribution in [2.75, 3.05) is 39.3 Å². The molecule has 0 spiro atoms. The Hall–Kier alpha value is -1.92. The number of para-hydroxylation sites is 1. The minimum absolute atomic E-state index is 0.0585. The van der Waals surface area contributed by atoms with Gasteiger partial charge in [-0.05, 0) is 6.07 Å². The van der Waals surface area contributed by atoms with Crippen LogP contribution in [0.4, 0.5) is 0 Å². The van der Waals surface area contributed by atoms with E-state index in [1.165, 1.54) is 0 Å². The Morgan fingerprint density at radius 3 is 2.73 bits per heavy atom. The first-order valence-electron chi connectivity index (χ1n) is 7.90. The van der Waals surface area contributed by atoms with E-state index >= 15 is 0 Å². The van der Waals surface area contributed by atoms with Crippen molar-refractivity contribution in [1.82, 2.24) is 24.9 Å². The molecule has 22 heavy (non-hydrogen) atoms. The van der Waals surface area contributed by atoms with Crippen molar-refractivity contribution < 1.29 is 4.79 Å². The summed E-state index contributed by atoms with van der Waals surface area (Å²) in [4.78, 5) is 17.1. The molecular weight excluding hydrogens is 278 g/mol. The number of hydrogen-bond donors (Lipinski definition) is 1. The average Bonchev–Trinajstić information content (AvgIpc) is 2.85. The predicted molar refractivity (Wildman–Crippen MR) is 84.8 cm³/mol. The fourth-order valence-electron chi connectivity index (χ4n) is 3.42. The normalized spacial score (nSPS) is 20.3. The van der Waals surface area contributed by atoms with Gasteiger partial charge in [-0.25, -0.2) is 0 Å². The molecule has 3 heterocycles. The first-order valence-corrected chi connectivity index (χ1v) is 7.90. The third kappa shape index (κ3) is 2.19. The average molecular weight is 299 g/mol. The molecule has 2 aliphatic rings. The van der Waals surface area contributed by atoms with Crippen molar-refractivity contribution in [1.29, 1.82) is 0 Å². The quantitative estimate of drug-likeness (QED) is 0.867. The molecule has 1 aromatic carbocycles. The van der Waals surface area contributed by atoms with Gasteiger partial charge in [0.2, 0.25) is 0 Å². The maximum atomic E-state index is 12.7. The lowest BCUT2D eigenvalue weighted by Gasteiger charge is -2.46. The highest BCUT2D eigenvalue weighted by Gasteiger charge is 2.36. The summed E-state index contributed by atoms with van der Waals surface area (Å²) in [6.45, 7) is 5.91. The smallest absolute Gasteiger partial charge is 0.275 e. The molecule has 0 radical (unpaired) electrons. The van der Waals surface area contributed by atoms with Gasteiger partial charge in [-0.15, -0.1) is 0 Å². The number of likely N-dealkylation sites (tertiary alicyclic amines) is 1. The fourth-order valence-corrected chi connectivity index (χ4v) is 3.42. The molecular formula is C16H21N5O. The zero-order chi connectivity index (χ0) is 15.1. The lowest BCUT2D eigenvalue weighted by molar-refractivity contribution is 0.0223. The maximum absolute atomic E-state index is 12.7. The molecule has 2 aromatic rings. The highest BCUT2D eigenvalue weighted by atomic mass is 16.2. The van der Waals surface area contributed by atoms with Crippen LogP contribution < -0.4 is 5.32 Å². The van der Waals surface area contributed by atoms with Crippen LogP contribution in [0.15, 0.2) is 24.3 Å². The van der Waals surface area contributed by atoms with Gasteiger partial charge >= 0.3 is 0 Å². The Balaban J connectivity index is 1.48. The van der Waals surface area contributed by atoms with Crippen molar-refractivity contribution in [3.63, 3.8) is 0 Å². The fraction of sp³-hybridized carbons (Fsp3) is 0.500. The Morgan fingerprint density at radius 1 is 1.23 bits per heavy atom. The largest absolute Gasteiger partial charge is 0.334 e. The van der Waals surface area contributed by atoms with Crippen molar-refractivity contribution in [2.24, 2.45) is 7.05 Å². The van der Waals surface area contributed by atoms with Gasteiger partial charge in [0.05, 0.1) is 5.52 Å². The molecule has 4 rings (SSSR count). The summed E-state index contributed by atoms with van der Waals surface area (Å²) in [7, 11) is 1.89. The zero-order valence-corrected chi connectivity index (χ0v) is 12.8. The topological polar surface area (TPSA) is 53.4 Å². The number of carbonyl (C=O) groups excluding carboxylic acids is 1. The van der Waals surface area contributed by atoms with Crippen LogP contribution in [0.5, 0.6) is 0 Å². The van der Waals surface area contributed by atoms with Crippen LogP contribution in [0.3, 0.4) is 0 Å². The van der Waals surface area contributed by atoms with Gasteiger partial charge in [0.1, 0.15) is 0 Å². The van der Waals surface area contributed by atoms with Gasteiger partial charge in [0, 0.05) is 57.7 Å². The summed E-state index contributed by atoms with van der Waals surface area (Å²) in [5.74, 6) is 0.0585. The van der Waals surface area contributed by atoms with Crippen LogP contribution in [0.2, 0.25) is 0 Å². The number of nitrogens with one attached hydrogen (secondary N) is 1. The second-order valence-electron chi connectivity index (χ2n) is 6.14. The van der Waals surface area contributed by atoms with E-state index < -0.39 is 0 Å². The number of benzene rings is 1. The first kappa shape index (κ1) is 13.7. The Bertz CT molecular complexity index is 698. The third-order valence-corrected chi connectivity index (χ3v) is 4.78. The van der Waals surface area contributed by atoms with Gasteiger partial charge in [-0.3, -0.25) is 14.4 Å². The van der Waals surface area contributed by atoms with E-state index in [0.717, 1.165) is 50.2 Å². The van der Waals surface area contributed by atoms with Gasteiger partial charge in [0.25, 0.3) is 5.91 Å². The Kier molecular flexibility index (Phi) is 3.35. The van der Waals surface area contributed by atoms with Crippen LogP contribution in [0.1, 0.15) is 10.5 Å². The van der Waals surface area contributed by atoms with Crippen molar-refractivity contribution in [2.45, 2.75) is 6.04 Å². The molecule has 0 unspecified atom stereocenters. The summed E-state index contributed by atoms with van der Waals surface area (Å²) in [5, 5.41) is 8.74. The summed E-state index contributed by atoms with van der Waals surface area (Å²) < 4.78 is 1.79. The highest BCUT2D eigenvalue weighted by molar-refractivity contribution is 6.05. The molecule has 0 aliphatic carbocycles. The van der Waals surface area contributed by atoms with E-state index in [0.29, 0.717) is 11.7 Å². The van der Waals surface area contributed by atoms with E-state index in [1.54, 1.807) is 4.68 Å². The second kappa shape index (κ2) is 5.37. The standard InChI is InChI=1S/C16H21N5O/c1-19-14-5-3-2-4-13(14)15(18-19)16(22)21-10-12(11-21)20-8-6-17-7-9-20/h2-5,12,17H,6-11H2,1H3. The second-order valence-corrected chi connectivity index (χ2v) is 6.14. The highest BCUT2D eigenvalue weighted by Crippen LogP contribution is 2.23. The number of nitrogens with zero attached hydrogens (tertiary/aromatic N) is 4. The van der Waals surface area contributed by atoms with Crippen molar-refractivity contribution >= 4 is 16.8 Å². The monoisotopic (exact) mass is 299 g/mol. The minimum Gasteiger partial charge on any atom is -0.334 e. The van der Waals surface area contributed by atoms with E-state index in [9.17, 15) is 4.79 Å². The molecule has 1 amide bonds. The molecule has 0 bridgehead atoms. The predicted octanol–water partition coefficient (Wildman–Crippen LogP) is 0.303. The SMILES string of the molecule is Cn1nc(C(=O)N2CC(N3CCNCC3)C2)c2ccccc21. The molecule has 1 aromatic heterocycles. The number of fused-ring (bicyclic) bond motifs is 1. The summed E-state index contributed by atoms with van der Waals surface area (Å²) in [6.07, 6.45) is 0. The number of aromatic nitrogens is 2. The Morgan fingerprint density at radius 2 is 1.95 bits per heavy atom. The molecule has 1 N–H and O–H groups in total. The third-order valence-electron chi connectivity index (χ3n) is 4.78. The van der Waals surface area contributed by atoms with Gasteiger partial charge in [-0.1, -0.05) is 18.2 Å². The van der Waals surface area contributed by atoms with Crippen LogP contribution in [0.25, 0.3) is 10.9 Å². The molecule has 6 nitrogen and oxygen atoms in total. The molecule has 2 fully saturated rings. The van der Waals surface area contributed by atoms with Gasteiger partial charge in [-0.2, -0.15) is 5.10 Å².